The third-order valence-electron chi connectivity index (χ3n) is 8.83. The zero-order valence-electron chi connectivity index (χ0n) is 24.9. The van der Waals surface area contributed by atoms with Crippen molar-refractivity contribution in [2.24, 2.45) is 0 Å². The van der Waals surface area contributed by atoms with E-state index in [2.05, 4.69) is 25.9 Å². The number of aromatic nitrogens is 4. The van der Waals surface area contributed by atoms with Crippen LogP contribution in [0.1, 0.15) is 61.5 Å². The minimum Gasteiger partial charge on any atom is -0.394 e. The lowest BCUT2D eigenvalue weighted by Gasteiger charge is -2.26. The molecule has 0 saturated heterocycles. The molecule has 2 aliphatic rings. The molecule has 2 aliphatic carbocycles. The first-order chi connectivity index (χ1) is 20.5. The first-order valence-electron chi connectivity index (χ1n) is 14.7. The normalized spacial score (nSPS) is 17.8. The zero-order valence-corrected chi connectivity index (χ0v) is 24.9. The number of aliphatic hydroxyl groups is 1. The number of hydrogen-bond donors (Lipinski definition) is 4. The van der Waals surface area contributed by atoms with Gasteiger partial charge in [-0.25, -0.2) is 4.39 Å². The highest BCUT2D eigenvalue weighted by molar-refractivity contribution is 6.00. The van der Waals surface area contributed by atoms with Gasteiger partial charge in [0.1, 0.15) is 6.04 Å². The Morgan fingerprint density at radius 1 is 1.14 bits per heavy atom. The largest absolute Gasteiger partial charge is 0.394 e. The molecule has 2 amide bonds. The summed E-state index contributed by atoms with van der Waals surface area (Å²) in [6.45, 7) is 7.64. The smallest absolute Gasteiger partial charge is 0.258 e. The highest BCUT2D eigenvalue weighted by Crippen LogP contribution is 2.42. The fourth-order valence-electron chi connectivity index (χ4n) is 5.91. The highest BCUT2D eigenvalue weighted by Gasteiger charge is 2.52. The number of alkyl halides is 1. The average Bonchev–Trinajstić information content (AvgIpc) is 3.33. The van der Waals surface area contributed by atoms with Gasteiger partial charge >= 0.3 is 0 Å². The van der Waals surface area contributed by atoms with Crippen molar-refractivity contribution in [2.75, 3.05) is 11.9 Å². The fraction of sp³-hybridized carbons (Fsp3) is 0.394. The van der Waals surface area contributed by atoms with Gasteiger partial charge in [-0.15, -0.1) is 0 Å². The second-order valence-electron chi connectivity index (χ2n) is 12.5. The number of rotatable bonds is 9. The van der Waals surface area contributed by atoms with E-state index >= 15 is 0 Å². The number of carbonyl (C=O) groups is 2. The maximum atomic E-state index is 14.8. The number of H-pyrrole nitrogens is 1. The third-order valence-corrected chi connectivity index (χ3v) is 8.83. The van der Waals surface area contributed by atoms with Gasteiger partial charge in [-0.1, -0.05) is 30.3 Å². The van der Waals surface area contributed by atoms with Crippen molar-refractivity contribution in [3.05, 3.63) is 77.4 Å². The highest BCUT2D eigenvalue weighted by atomic mass is 19.1. The van der Waals surface area contributed by atoms with Crippen molar-refractivity contribution in [3.8, 4) is 22.3 Å². The number of anilines is 1. The number of benzene rings is 2. The Morgan fingerprint density at radius 2 is 1.86 bits per heavy atom. The van der Waals surface area contributed by atoms with E-state index in [9.17, 15) is 19.1 Å². The molecular formula is C33H37FN6O3. The van der Waals surface area contributed by atoms with Gasteiger partial charge in [0.05, 0.1) is 24.0 Å². The lowest BCUT2D eigenvalue weighted by Crippen LogP contribution is -2.50. The number of nitrogens with one attached hydrogen (secondary N) is 3. The molecule has 10 heteroatoms. The van der Waals surface area contributed by atoms with Crippen LogP contribution in [-0.2, 0) is 21.5 Å². The summed E-state index contributed by atoms with van der Waals surface area (Å²) in [5.74, 6) is -1.45. The maximum absolute atomic E-state index is 14.8. The Balaban J connectivity index is 1.28. The van der Waals surface area contributed by atoms with Crippen LogP contribution in [0, 0.1) is 13.8 Å². The van der Waals surface area contributed by atoms with Gasteiger partial charge < -0.3 is 15.7 Å². The molecule has 2 aromatic heterocycles. The predicted octanol–water partition coefficient (Wildman–Crippen LogP) is 4.94. The summed E-state index contributed by atoms with van der Waals surface area (Å²) >= 11 is 0. The van der Waals surface area contributed by atoms with E-state index in [-0.39, 0.29) is 31.3 Å². The number of halogens is 1. The molecule has 4 N–H and O–H groups in total. The van der Waals surface area contributed by atoms with Crippen LogP contribution in [0.25, 0.3) is 22.3 Å². The molecule has 9 nitrogen and oxygen atoms in total. The van der Waals surface area contributed by atoms with Crippen LogP contribution in [0.3, 0.4) is 0 Å². The van der Waals surface area contributed by atoms with E-state index in [1.165, 1.54) is 0 Å². The summed E-state index contributed by atoms with van der Waals surface area (Å²) in [5.41, 5.74) is 5.82. The zero-order chi connectivity index (χ0) is 30.5. The monoisotopic (exact) mass is 584 g/mol. The van der Waals surface area contributed by atoms with Crippen LogP contribution in [0.2, 0.25) is 0 Å². The average molecular weight is 585 g/mol. The van der Waals surface area contributed by atoms with E-state index in [0.717, 1.165) is 51.2 Å². The van der Waals surface area contributed by atoms with Crippen molar-refractivity contribution in [1.29, 1.82) is 0 Å². The summed E-state index contributed by atoms with van der Waals surface area (Å²) in [5, 5.41) is 27.2. The first kappa shape index (κ1) is 28.8. The summed E-state index contributed by atoms with van der Waals surface area (Å²) in [6.07, 6.45) is 5.37. The van der Waals surface area contributed by atoms with Crippen LogP contribution in [0.5, 0.6) is 0 Å². The van der Waals surface area contributed by atoms with Crippen molar-refractivity contribution in [1.82, 2.24) is 25.3 Å². The van der Waals surface area contributed by atoms with E-state index < -0.39 is 23.2 Å². The van der Waals surface area contributed by atoms with Gasteiger partial charge in [-0.3, -0.25) is 19.4 Å². The Bertz CT molecular complexity index is 1670. The van der Waals surface area contributed by atoms with Gasteiger partial charge in [0.25, 0.3) is 5.91 Å². The molecule has 2 heterocycles. The van der Waals surface area contributed by atoms with Crippen molar-refractivity contribution in [2.45, 2.75) is 76.5 Å². The molecule has 0 aliphatic heterocycles. The fourth-order valence-corrected chi connectivity index (χ4v) is 5.91. The number of aryl methyl sites for hydroxylation is 3. The molecule has 43 heavy (non-hydrogen) atoms. The van der Waals surface area contributed by atoms with E-state index in [0.29, 0.717) is 12.1 Å². The molecule has 0 unspecified atom stereocenters. The summed E-state index contributed by atoms with van der Waals surface area (Å²) < 4.78 is 16.5. The molecule has 0 bridgehead atoms. The molecule has 6 rings (SSSR count). The third kappa shape index (κ3) is 5.47. The first-order valence-corrected chi connectivity index (χ1v) is 14.7. The molecule has 1 fully saturated rings. The van der Waals surface area contributed by atoms with Crippen molar-refractivity contribution in [3.63, 3.8) is 0 Å². The Morgan fingerprint density at radius 3 is 2.51 bits per heavy atom. The van der Waals surface area contributed by atoms with Crippen molar-refractivity contribution < 1.29 is 19.1 Å². The Kier molecular flexibility index (Phi) is 7.20. The predicted molar refractivity (Wildman–Crippen MR) is 162 cm³/mol. The quantitative estimate of drug-likeness (QED) is 0.222. The standard InChI is InChI=1S/C33H37FN6O3/c1-19-28(20(2)39-38-19)22-7-10-25(11-8-22)36-30(42)29(37-31(43)33(34)13-14-33)26-12-9-21-5-6-23(15-27(21)26)24-16-35-40(17-24)32(3,4)18-41/h5-8,10-11,15-17,26,29,41H,9,12-14,18H2,1-4H3,(H,36,42)(H,37,43)(H,38,39)/t26-,29+/m1/s1. The lowest BCUT2D eigenvalue weighted by molar-refractivity contribution is -0.131. The lowest BCUT2D eigenvalue weighted by atomic mass is 9.90. The number of hydrogen-bond acceptors (Lipinski definition) is 5. The minimum atomic E-state index is -1.90. The Labute approximate surface area is 249 Å². The van der Waals surface area contributed by atoms with Crippen molar-refractivity contribution >= 4 is 17.5 Å². The molecule has 4 aromatic rings. The number of fused-ring (bicyclic) bond motifs is 1. The van der Waals surface area contributed by atoms with Crippen LogP contribution < -0.4 is 10.6 Å². The molecule has 1 saturated carbocycles. The number of amides is 2. The molecule has 0 radical (unpaired) electrons. The van der Waals surface area contributed by atoms with Gasteiger partial charge in [0.2, 0.25) is 5.91 Å². The summed E-state index contributed by atoms with van der Waals surface area (Å²) in [7, 11) is 0. The van der Waals surface area contributed by atoms with E-state index in [4.69, 9.17) is 0 Å². The summed E-state index contributed by atoms with van der Waals surface area (Å²) in [6, 6.07) is 12.6. The molecule has 2 aromatic carbocycles. The molecule has 224 valence electrons. The van der Waals surface area contributed by atoms with Gasteiger partial charge in [-0.2, -0.15) is 10.2 Å². The Hall–Kier alpha value is -4.31. The van der Waals surface area contributed by atoms with Gasteiger partial charge in [-0.05, 0) is 87.8 Å². The number of aromatic amines is 1. The number of aliphatic hydroxyl groups excluding tert-OH is 1. The SMILES string of the molecule is Cc1n[nH]c(C)c1-c1ccc(NC(=O)[C@@H](NC(=O)C2(F)CC2)[C@@H]2CCc3ccc(-c4cnn(C(C)(C)CO)c4)cc32)cc1. The molecular weight excluding hydrogens is 547 g/mol. The molecule has 2 atom stereocenters. The van der Waals surface area contributed by atoms with Gasteiger partial charge in [0, 0.05) is 34.6 Å². The number of nitrogens with zero attached hydrogens (tertiary/aromatic N) is 3. The van der Waals surface area contributed by atoms with E-state index in [1.54, 1.807) is 10.9 Å². The van der Waals surface area contributed by atoms with Crippen LogP contribution in [-0.4, -0.2) is 55.2 Å². The topological polar surface area (TPSA) is 125 Å². The van der Waals surface area contributed by atoms with Gasteiger partial charge in [0.15, 0.2) is 5.67 Å². The summed E-state index contributed by atoms with van der Waals surface area (Å²) in [4.78, 5) is 26.7. The minimum absolute atomic E-state index is 0.0573. The second-order valence-corrected chi connectivity index (χ2v) is 12.5. The van der Waals surface area contributed by atoms with Crippen LogP contribution >= 0.6 is 0 Å². The maximum Gasteiger partial charge on any atom is 0.258 e. The van der Waals surface area contributed by atoms with Crippen LogP contribution in [0.15, 0.2) is 54.9 Å². The molecule has 0 spiro atoms. The number of carbonyl (C=O) groups excluding carboxylic acids is 2. The van der Waals surface area contributed by atoms with E-state index in [1.807, 2.05) is 76.4 Å². The second kappa shape index (κ2) is 10.8. The van der Waals surface area contributed by atoms with Crippen LogP contribution in [0.4, 0.5) is 10.1 Å².